The minimum atomic E-state index is -0.484. The molecule has 0 aliphatic carbocycles. The van der Waals surface area contributed by atoms with Gasteiger partial charge in [0, 0.05) is 35.4 Å². The van der Waals surface area contributed by atoms with Gasteiger partial charge in [0.2, 0.25) is 6.29 Å². The number of halogens is 1. The molecule has 2 aromatic carbocycles. The fourth-order valence-electron chi connectivity index (χ4n) is 3.87. The topological polar surface area (TPSA) is 49.2 Å². The standard InChI is InChI=1S/C22H22FN3O2S/c23-18-11-16-13-27-21(15-7-3-1-4-8-15)28-20(16)17(12-18)14-29-22-25-24-19-9-5-2-6-10-26(19)22/h1,3-4,7-8,11-12,21H,2,5-6,9-10,13-14H2. The van der Waals surface area contributed by atoms with Gasteiger partial charge in [-0.2, -0.15) is 0 Å². The van der Waals surface area contributed by atoms with E-state index in [-0.39, 0.29) is 5.82 Å². The van der Waals surface area contributed by atoms with E-state index in [4.69, 9.17) is 9.47 Å². The highest BCUT2D eigenvalue weighted by Gasteiger charge is 2.25. The Labute approximate surface area is 173 Å². The Morgan fingerprint density at radius 2 is 2.00 bits per heavy atom. The largest absolute Gasteiger partial charge is 0.460 e. The minimum Gasteiger partial charge on any atom is -0.460 e. The summed E-state index contributed by atoms with van der Waals surface area (Å²) >= 11 is 1.58. The van der Waals surface area contributed by atoms with Crippen LogP contribution in [0.1, 0.15) is 48.1 Å². The number of thioether (sulfide) groups is 1. The van der Waals surface area contributed by atoms with Gasteiger partial charge >= 0.3 is 0 Å². The zero-order valence-electron chi connectivity index (χ0n) is 16.0. The lowest BCUT2D eigenvalue weighted by Gasteiger charge is -2.28. The SMILES string of the molecule is Fc1cc2c(c(CSc3nnc4n3CCCCC4)c1)OC(c1ccccc1)OC2. The van der Waals surface area contributed by atoms with Crippen LogP contribution in [-0.2, 0) is 30.1 Å². The van der Waals surface area contributed by atoms with Gasteiger partial charge in [0.05, 0.1) is 6.61 Å². The highest BCUT2D eigenvalue weighted by atomic mass is 32.2. The van der Waals surface area contributed by atoms with Crippen molar-refractivity contribution in [2.45, 2.75) is 56.0 Å². The van der Waals surface area contributed by atoms with E-state index in [1.807, 2.05) is 30.3 Å². The van der Waals surface area contributed by atoms with Crippen LogP contribution < -0.4 is 4.74 Å². The van der Waals surface area contributed by atoms with Crippen LogP contribution >= 0.6 is 11.8 Å². The van der Waals surface area contributed by atoms with Gasteiger partial charge in [-0.25, -0.2) is 4.39 Å². The number of aromatic nitrogens is 3. The molecule has 1 atom stereocenters. The molecule has 1 unspecified atom stereocenters. The summed E-state index contributed by atoms with van der Waals surface area (Å²) in [6.45, 7) is 1.27. The fourth-order valence-corrected chi connectivity index (χ4v) is 4.82. The second-order valence-electron chi connectivity index (χ2n) is 7.37. The van der Waals surface area contributed by atoms with Crippen molar-refractivity contribution in [2.24, 2.45) is 0 Å². The first-order valence-electron chi connectivity index (χ1n) is 9.97. The molecule has 7 heteroatoms. The van der Waals surface area contributed by atoms with Gasteiger partial charge in [0.1, 0.15) is 17.4 Å². The Morgan fingerprint density at radius 3 is 2.90 bits per heavy atom. The van der Waals surface area contributed by atoms with Crippen LogP contribution in [0.15, 0.2) is 47.6 Å². The van der Waals surface area contributed by atoms with Crippen molar-refractivity contribution in [1.82, 2.24) is 14.8 Å². The molecule has 0 amide bonds. The molecule has 0 bridgehead atoms. The summed E-state index contributed by atoms with van der Waals surface area (Å²) in [5.41, 5.74) is 2.51. The van der Waals surface area contributed by atoms with E-state index in [2.05, 4.69) is 14.8 Å². The predicted octanol–water partition coefficient (Wildman–Crippen LogP) is 5.04. The Balaban J connectivity index is 1.39. The highest BCUT2D eigenvalue weighted by molar-refractivity contribution is 7.98. The molecule has 150 valence electrons. The quantitative estimate of drug-likeness (QED) is 0.563. The summed E-state index contributed by atoms with van der Waals surface area (Å²) in [7, 11) is 0. The zero-order valence-corrected chi connectivity index (χ0v) is 16.8. The minimum absolute atomic E-state index is 0.273. The molecule has 5 rings (SSSR count). The summed E-state index contributed by atoms with van der Waals surface area (Å²) in [5, 5.41) is 9.62. The lowest BCUT2D eigenvalue weighted by Crippen LogP contribution is -2.19. The van der Waals surface area contributed by atoms with Gasteiger partial charge in [0.25, 0.3) is 0 Å². The first-order valence-corrected chi connectivity index (χ1v) is 11.0. The second kappa shape index (κ2) is 8.16. The van der Waals surface area contributed by atoms with Gasteiger partial charge in [-0.1, -0.05) is 48.5 Å². The van der Waals surface area contributed by atoms with Crippen LogP contribution in [0.25, 0.3) is 0 Å². The van der Waals surface area contributed by atoms with Crippen LogP contribution in [0.2, 0.25) is 0 Å². The number of nitrogens with zero attached hydrogens (tertiary/aromatic N) is 3. The lowest BCUT2D eigenvalue weighted by atomic mass is 10.1. The highest BCUT2D eigenvalue weighted by Crippen LogP contribution is 2.39. The van der Waals surface area contributed by atoms with Crippen molar-refractivity contribution in [3.63, 3.8) is 0 Å². The van der Waals surface area contributed by atoms with E-state index in [1.165, 1.54) is 12.5 Å². The molecule has 0 fully saturated rings. The predicted molar refractivity (Wildman–Crippen MR) is 108 cm³/mol. The molecule has 5 nitrogen and oxygen atoms in total. The number of hydrogen-bond donors (Lipinski definition) is 0. The number of rotatable bonds is 4. The van der Waals surface area contributed by atoms with Gasteiger partial charge in [-0.05, 0) is 25.0 Å². The lowest BCUT2D eigenvalue weighted by molar-refractivity contribution is -0.112. The van der Waals surface area contributed by atoms with E-state index in [0.29, 0.717) is 12.4 Å². The summed E-state index contributed by atoms with van der Waals surface area (Å²) in [6, 6.07) is 12.9. The van der Waals surface area contributed by atoms with Crippen molar-refractivity contribution in [3.05, 3.63) is 70.8 Å². The molecule has 2 aliphatic heterocycles. The summed E-state index contributed by atoms with van der Waals surface area (Å²) in [5.74, 6) is 2.07. The third kappa shape index (κ3) is 3.89. The van der Waals surface area contributed by atoms with E-state index in [9.17, 15) is 4.39 Å². The molecular weight excluding hydrogens is 389 g/mol. The number of benzene rings is 2. The van der Waals surface area contributed by atoms with Crippen molar-refractivity contribution in [3.8, 4) is 5.75 Å². The second-order valence-corrected chi connectivity index (χ2v) is 8.32. The molecule has 2 aliphatic rings. The number of fused-ring (bicyclic) bond motifs is 2. The van der Waals surface area contributed by atoms with Crippen LogP contribution in [0.4, 0.5) is 4.39 Å². The molecule has 0 N–H and O–H groups in total. The van der Waals surface area contributed by atoms with E-state index < -0.39 is 6.29 Å². The number of aryl methyl sites for hydroxylation is 1. The maximum Gasteiger partial charge on any atom is 0.227 e. The molecular formula is C22H22FN3O2S. The van der Waals surface area contributed by atoms with Crippen molar-refractivity contribution >= 4 is 11.8 Å². The molecule has 3 heterocycles. The first kappa shape index (κ1) is 18.6. The van der Waals surface area contributed by atoms with E-state index in [1.54, 1.807) is 17.8 Å². The molecule has 3 aromatic rings. The van der Waals surface area contributed by atoms with Gasteiger partial charge in [-0.3, -0.25) is 0 Å². The smallest absolute Gasteiger partial charge is 0.227 e. The average molecular weight is 412 g/mol. The number of hydrogen-bond acceptors (Lipinski definition) is 5. The fraction of sp³-hybridized carbons (Fsp3) is 0.364. The van der Waals surface area contributed by atoms with Crippen molar-refractivity contribution < 1.29 is 13.9 Å². The van der Waals surface area contributed by atoms with Crippen LogP contribution in [0, 0.1) is 5.82 Å². The third-order valence-electron chi connectivity index (χ3n) is 5.33. The van der Waals surface area contributed by atoms with Crippen molar-refractivity contribution in [2.75, 3.05) is 0 Å². The number of ether oxygens (including phenoxy) is 2. The van der Waals surface area contributed by atoms with Gasteiger partial charge < -0.3 is 14.0 Å². The Morgan fingerprint density at radius 1 is 1.10 bits per heavy atom. The Hall–Kier alpha value is -2.38. The zero-order chi connectivity index (χ0) is 19.6. The molecule has 29 heavy (non-hydrogen) atoms. The third-order valence-corrected chi connectivity index (χ3v) is 6.34. The summed E-state index contributed by atoms with van der Waals surface area (Å²) in [6.07, 6.45) is 4.02. The maximum absolute atomic E-state index is 14.2. The maximum atomic E-state index is 14.2. The van der Waals surface area contributed by atoms with Crippen LogP contribution in [-0.4, -0.2) is 14.8 Å². The first-order chi connectivity index (χ1) is 14.3. The molecule has 0 radical (unpaired) electrons. The van der Waals surface area contributed by atoms with E-state index in [0.717, 1.165) is 59.2 Å². The normalized spacial score (nSPS) is 18.4. The molecule has 0 saturated carbocycles. The molecule has 0 saturated heterocycles. The van der Waals surface area contributed by atoms with Gasteiger partial charge in [-0.15, -0.1) is 10.2 Å². The summed E-state index contributed by atoms with van der Waals surface area (Å²) < 4.78 is 28.4. The van der Waals surface area contributed by atoms with Crippen LogP contribution in [0.3, 0.4) is 0 Å². The van der Waals surface area contributed by atoms with Gasteiger partial charge in [0.15, 0.2) is 5.16 Å². The molecule has 1 aromatic heterocycles. The van der Waals surface area contributed by atoms with E-state index >= 15 is 0 Å². The van der Waals surface area contributed by atoms with Crippen molar-refractivity contribution in [1.29, 1.82) is 0 Å². The molecule has 0 spiro atoms. The monoisotopic (exact) mass is 411 g/mol. The Kier molecular flexibility index (Phi) is 5.24. The van der Waals surface area contributed by atoms with Crippen LogP contribution in [0.5, 0.6) is 5.75 Å². The Bertz CT molecular complexity index is 1010. The summed E-state index contributed by atoms with van der Waals surface area (Å²) in [4.78, 5) is 0. The average Bonchev–Trinajstić information content (AvgIpc) is 2.98.